The smallest absolute Gasteiger partial charge is 0.263 e. The Hall–Kier alpha value is -3.04. The molecule has 9 heteroatoms. The van der Waals surface area contributed by atoms with Crippen LogP contribution in [0.1, 0.15) is 31.5 Å². The average molecular weight is 465 g/mol. The van der Waals surface area contributed by atoms with Gasteiger partial charge < -0.3 is 19.5 Å². The average Bonchev–Trinajstić information content (AvgIpc) is 3.33. The molecule has 2 aliphatic rings. The molecule has 0 unspecified atom stereocenters. The van der Waals surface area contributed by atoms with E-state index in [9.17, 15) is 4.79 Å². The van der Waals surface area contributed by atoms with Crippen molar-refractivity contribution in [3.8, 4) is 11.3 Å². The highest BCUT2D eigenvalue weighted by molar-refractivity contribution is 5.98. The summed E-state index contributed by atoms with van der Waals surface area (Å²) >= 11 is 0. The lowest BCUT2D eigenvalue weighted by atomic mass is 10.1. The molecule has 4 heterocycles. The number of hydrogen-bond acceptors (Lipinski definition) is 8. The van der Waals surface area contributed by atoms with Crippen LogP contribution in [0.2, 0.25) is 0 Å². The van der Waals surface area contributed by atoms with Crippen LogP contribution < -0.4 is 10.2 Å². The monoisotopic (exact) mass is 464 g/mol. The highest BCUT2D eigenvalue weighted by Crippen LogP contribution is 2.34. The summed E-state index contributed by atoms with van der Waals surface area (Å²) in [5, 5.41) is 8.22. The Bertz CT molecular complexity index is 1090. The third-order valence-electron chi connectivity index (χ3n) is 6.50. The summed E-state index contributed by atoms with van der Waals surface area (Å²) in [6, 6.07) is 10.0. The van der Waals surface area contributed by atoms with E-state index in [-0.39, 0.29) is 5.91 Å². The second kappa shape index (κ2) is 10.9. The first kappa shape index (κ1) is 22.7. The standard InChI is InChI=1S/C25H32N6O3/c32-21(26-11-14-30-15-17-33-18-16-30)10-9-20-27-24(31-12-5-2-6-13-31)22-23(29-34-25(22)28-20)19-7-3-1-4-8-19/h1,3-4,7-8H,2,5-6,9-18H2,(H,26,32). The number of carbonyl (C=O) groups is 1. The molecule has 180 valence electrons. The Morgan fingerprint density at radius 2 is 1.79 bits per heavy atom. The van der Waals surface area contributed by atoms with Gasteiger partial charge in [-0.05, 0) is 19.3 Å². The molecule has 0 spiro atoms. The van der Waals surface area contributed by atoms with E-state index in [1.165, 1.54) is 6.42 Å². The number of fused-ring (bicyclic) bond motifs is 1. The van der Waals surface area contributed by atoms with Gasteiger partial charge in [0.05, 0.1) is 13.2 Å². The van der Waals surface area contributed by atoms with Crippen LogP contribution in [0.3, 0.4) is 0 Å². The number of hydrogen-bond donors (Lipinski definition) is 1. The fourth-order valence-corrected chi connectivity index (χ4v) is 4.61. The van der Waals surface area contributed by atoms with Crippen LogP contribution >= 0.6 is 0 Å². The number of amides is 1. The molecule has 9 nitrogen and oxygen atoms in total. The Labute approximate surface area is 199 Å². The summed E-state index contributed by atoms with van der Waals surface area (Å²) in [5.41, 5.74) is 2.23. The zero-order valence-corrected chi connectivity index (χ0v) is 19.5. The van der Waals surface area contributed by atoms with Gasteiger partial charge in [-0.1, -0.05) is 35.5 Å². The van der Waals surface area contributed by atoms with Gasteiger partial charge >= 0.3 is 0 Å². The van der Waals surface area contributed by atoms with Gasteiger partial charge in [-0.25, -0.2) is 4.98 Å². The molecule has 0 bridgehead atoms. The van der Waals surface area contributed by atoms with Crippen LogP contribution in [0, 0.1) is 0 Å². The van der Waals surface area contributed by atoms with Crippen LogP contribution in [0.15, 0.2) is 34.9 Å². The minimum absolute atomic E-state index is 0.0130. The van der Waals surface area contributed by atoms with E-state index in [0.29, 0.717) is 30.9 Å². The number of morpholine rings is 1. The van der Waals surface area contributed by atoms with Crippen molar-refractivity contribution in [2.24, 2.45) is 0 Å². The van der Waals surface area contributed by atoms with Gasteiger partial charge in [0.2, 0.25) is 5.91 Å². The molecule has 1 amide bonds. The molecule has 2 fully saturated rings. The maximum Gasteiger partial charge on any atom is 0.263 e. The third kappa shape index (κ3) is 5.37. The van der Waals surface area contributed by atoms with Gasteiger partial charge in [-0.15, -0.1) is 0 Å². The fourth-order valence-electron chi connectivity index (χ4n) is 4.61. The Morgan fingerprint density at radius 3 is 2.59 bits per heavy atom. The zero-order chi connectivity index (χ0) is 23.2. The highest BCUT2D eigenvalue weighted by Gasteiger charge is 2.24. The summed E-state index contributed by atoms with van der Waals surface area (Å²) in [5.74, 6) is 1.50. The number of aromatic nitrogens is 3. The molecule has 5 rings (SSSR count). The van der Waals surface area contributed by atoms with Crippen LogP contribution in [0.5, 0.6) is 0 Å². The first-order valence-corrected chi connectivity index (χ1v) is 12.3. The number of carbonyl (C=O) groups excluding carboxylic acids is 1. The zero-order valence-electron chi connectivity index (χ0n) is 19.5. The third-order valence-corrected chi connectivity index (χ3v) is 6.50. The number of benzene rings is 1. The summed E-state index contributed by atoms with van der Waals surface area (Å²) in [7, 11) is 0. The molecule has 34 heavy (non-hydrogen) atoms. The number of aryl methyl sites for hydroxylation is 1. The van der Waals surface area contributed by atoms with Gasteiger partial charge in [-0.2, -0.15) is 4.98 Å². The van der Waals surface area contributed by atoms with Gasteiger partial charge in [0.15, 0.2) is 0 Å². The maximum absolute atomic E-state index is 12.4. The van der Waals surface area contributed by atoms with Crippen LogP contribution in [0.4, 0.5) is 5.82 Å². The van der Waals surface area contributed by atoms with E-state index < -0.39 is 0 Å². The van der Waals surface area contributed by atoms with Crippen molar-refractivity contribution in [3.63, 3.8) is 0 Å². The van der Waals surface area contributed by atoms with E-state index in [0.717, 1.165) is 81.2 Å². The molecule has 2 saturated heterocycles. The van der Waals surface area contributed by atoms with Crippen molar-refractivity contribution in [3.05, 3.63) is 36.2 Å². The molecule has 0 aliphatic carbocycles. The van der Waals surface area contributed by atoms with Crippen molar-refractivity contribution < 1.29 is 14.1 Å². The number of nitrogens with one attached hydrogen (secondary N) is 1. The number of nitrogens with zero attached hydrogens (tertiary/aromatic N) is 5. The maximum atomic E-state index is 12.4. The summed E-state index contributed by atoms with van der Waals surface area (Å²) in [4.78, 5) is 26.6. The van der Waals surface area contributed by atoms with E-state index in [1.54, 1.807) is 0 Å². The second-order valence-electron chi connectivity index (χ2n) is 8.89. The predicted octanol–water partition coefficient (Wildman–Crippen LogP) is 2.66. The van der Waals surface area contributed by atoms with Crippen molar-refractivity contribution >= 4 is 22.8 Å². The minimum atomic E-state index is 0.0130. The molecule has 0 atom stereocenters. The topological polar surface area (TPSA) is 96.6 Å². The van der Waals surface area contributed by atoms with Crippen molar-refractivity contribution in [1.29, 1.82) is 0 Å². The summed E-state index contributed by atoms with van der Waals surface area (Å²) in [6.07, 6.45) is 4.31. The lowest BCUT2D eigenvalue weighted by Crippen LogP contribution is -2.41. The quantitative estimate of drug-likeness (QED) is 0.544. The number of ether oxygens (including phenoxy) is 1. The van der Waals surface area contributed by atoms with E-state index in [4.69, 9.17) is 14.2 Å². The molecular formula is C25H32N6O3. The first-order valence-electron chi connectivity index (χ1n) is 12.3. The molecule has 1 aromatic carbocycles. The molecular weight excluding hydrogens is 432 g/mol. The number of anilines is 1. The van der Waals surface area contributed by atoms with E-state index in [1.807, 2.05) is 30.3 Å². The van der Waals surface area contributed by atoms with Gasteiger partial charge in [0.25, 0.3) is 5.71 Å². The molecule has 0 radical (unpaired) electrons. The number of piperidine rings is 1. The largest absolute Gasteiger partial charge is 0.379 e. The lowest BCUT2D eigenvalue weighted by molar-refractivity contribution is -0.121. The Morgan fingerprint density at radius 1 is 1.00 bits per heavy atom. The summed E-state index contributed by atoms with van der Waals surface area (Å²) < 4.78 is 11.0. The van der Waals surface area contributed by atoms with Gasteiger partial charge in [0.1, 0.15) is 22.7 Å². The molecule has 1 N–H and O–H groups in total. The highest BCUT2D eigenvalue weighted by atomic mass is 16.5. The summed E-state index contributed by atoms with van der Waals surface area (Å²) in [6.45, 7) is 6.76. The van der Waals surface area contributed by atoms with Gasteiger partial charge in [0, 0.05) is 57.7 Å². The van der Waals surface area contributed by atoms with Crippen LogP contribution in [-0.4, -0.2) is 78.4 Å². The SMILES string of the molecule is O=C(CCc1nc(N2CCCCC2)c2c(-c3ccccc3)noc2n1)NCCN1CCOCC1. The number of rotatable bonds is 8. The lowest BCUT2D eigenvalue weighted by Gasteiger charge is -2.28. The Kier molecular flexibility index (Phi) is 7.31. The van der Waals surface area contributed by atoms with E-state index >= 15 is 0 Å². The first-order chi connectivity index (χ1) is 16.8. The van der Waals surface area contributed by atoms with Crippen LogP contribution in [0.25, 0.3) is 22.4 Å². The molecule has 2 aromatic heterocycles. The predicted molar refractivity (Wildman–Crippen MR) is 130 cm³/mol. The normalized spacial score (nSPS) is 17.2. The van der Waals surface area contributed by atoms with E-state index in [2.05, 4.69) is 25.3 Å². The molecule has 2 aliphatic heterocycles. The van der Waals surface area contributed by atoms with Crippen molar-refractivity contribution in [2.45, 2.75) is 32.1 Å². The van der Waals surface area contributed by atoms with Crippen LogP contribution in [-0.2, 0) is 16.0 Å². The second-order valence-corrected chi connectivity index (χ2v) is 8.89. The van der Waals surface area contributed by atoms with Crippen molar-refractivity contribution in [2.75, 3.05) is 57.4 Å². The van der Waals surface area contributed by atoms with Gasteiger partial charge in [-0.3, -0.25) is 9.69 Å². The minimum Gasteiger partial charge on any atom is -0.379 e. The van der Waals surface area contributed by atoms with Crippen molar-refractivity contribution in [1.82, 2.24) is 25.3 Å². The molecule has 0 saturated carbocycles. The molecule has 3 aromatic rings. The Balaban J connectivity index is 1.30. The fraction of sp³-hybridized carbons (Fsp3) is 0.520.